The van der Waals surface area contributed by atoms with Gasteiger partial charge in [-0.25, -0.2) is 4.79 Å². The van der Waals surface area contributed by atoms with E-state index < -0.39 is 17.4 Å². The van der Waals surface area contributed by atoms with Gasteiger partial charge in [-0.2, -0.15) is 0 Å². The second-order valence-electron chi connectivity index (χ2n) is 5.78. The Morgan fingerprint density at radius 1 is 1.21 bits per heavy atom. The Morgan fingerprint density at radius 3 is 2.58 bits per heavy atom. The van der Waals surface area contributed by atoms with E-state index in [9.17, 15) is 14.4 Å². The molecule has 1 aliphatic rings. The summed E-state index contributed by atoms with van der Waals surface area (Å²) in [6, 6.07) is 8.62. The Balaban J connectivity index is 1.96. The van der Waals surface area contributed by atoms with Gasteiger partial charge in [-0.1, -0.05) is 30.4 Å². The fourth-order valence-corrected chi connectivity index (χ4v) is 2.85. The first-order valence-corrected chi connectivity index (χ1v) is 8.14. The summed E-state index contributed by atoms with van der Waals surface area (Å²) in [4.78, 5) is 36.6. The van der Waals surface area contributed by atoms with E-state index in [1.165, 1.54) is 0 Å². The van der Waals surface area contributed by atoms with Crippen molar-refractivity contribution in [3.05, 3.63) is 48.0 Å². The van der Waals surface area contributed by atoms with E-state index in [1.807, 2.05) is 13.0 Å². The summed E-state index contributed by atoms with van der Waals surface area (Å²) in [6.07, 6.45) is 5.12. The van der Waals surface area contributed by atoms with E-state index in [0.717, 1.165) is 0 Å². The van der Waals surface area contributed by atoms with Crippen LogP contribution >= 0.6 is 0 Å². The molecule has 1 saturated carbocycles. The quantitative estimate of drug-likeness (QED) is 0.436. The molecule has 0 heterocycles. The summed E-state index contributed by atoms with van der Waals surface area (Å²) in [5.74, 6) is -1.10. The minimum Gasteiger partial charge on any atom is -0.462 e. The van der Waals surface area contributed by atoms with Crippen molar-refractivity contribution in [2.75, 3.05) is 13.2 Å². The Kier molecular flexibility index (Phi) is 6.29. The van der Waals surface area contributed by atoms with E-state index in [-0.39, 0.29) is 25.4 Å². The predicted molar refractivity (Wildman–Crippen MR) is 88.4 cm³/mol. The first kappa shape index (κ1) is 17.9. The third-order valence-corrected chi connectivity index (χ3v) is 4.25. The largest absolute Gasteiger partial charge is 0.462 e. The lowest BCUT2D eigenvalue weighted by Gasteiger charge is -2.24. The van der Waals surface area contributed by atoms with Crippen molar-refractivity contribution in [1.29, 1.82) is 0 Å². The lowest BCUT2D eigenvalue weighted by molar-refractivity contribution is -0.159. The highest BCUT2D eigenvalue weighted by Crippen LogP contribution is 2.39. The molecule has 1 aromatic carbocycles. The predicted octanol–water partition coefficient (Wildman–Crippen LogP) is 3.09. The lowest BCUT2D eigenvalue weighted by atomic mass is 9.82. The zero-order valence-electron chi connectivity index (χ0n) is 13.8. The fourth-order valence-electron chi connectivity index (χ4n) is 2.85. The summed E-state index contributed by atoms with van der Waals surface area (Å²) in [6.45, 7) is 1.99. The van der Waals surface area contributed by atoms with Crippen LogP contribution < -0.4 is 0 Å². The van der Waals surface area contributed by atoms with Crippen molar-refractivity contribution in [2.24, 2.45) is 5.41 Å². The molecule has 1 atom stereocenters. The molecule has 0 N–H and O–H groups in total. The topological polar surface area (TPSA) is 69.7 Å². The number of benzene rings is 1. The molecular weight excluding hydrogens is 308 g/mol. The number of rotatable bonds is 7. The molecular formula is C19H22O5. The van der Waals surface area contributed by atoms with Crippen molar-refractivity contribution in [1.82, 2.24) is 0 Å². The molecule has 1 unspecified atom stereocenters. The maximum atomic E-state index is 12.4. The van der Waals surface area contributed by atoms with Crippen molar-refractivity contribution in [3.63, 3.8) is 0 Å². The van der Waals surface area contributed by atoms with Crippen LogP contribution in [0.25, 0.3) is 0 Å². The van der Waals surface area contributed by atoms with Gasteiger partial charge in [0, 0.05) is 12.8 Å². The molecule has 24 heavy (non-hydrogen) atoms. The number of hydrogen-bond donors (Lipinski definition) is 0. The van der Waals surface area contributed by atoms with Gasteiger partial charge in [0.15, 0.2) is 0 Å². The van der Waals surface area contributed by atoms with Crippen LogP contribution in [0.3, 0.4) is 0 Å². The molecule has 1 aliphatic carbocycles. The van der Waals surface area contributed by atoms with Crippen LogP contribution in [-0.4, -0.2) is 30.9 Å². The molecule has 0 aromatic heterocycles. The highest BCUT2D eigenvalue weighted by atomic mass is 16.5. The average molecular weight is 330 g/mol. The standard InChI is InChI=1S/C19H22O5/c1-2-3-13-24-18(22)19(11-7-10-16(19)20)12-14-23-17(21)15-8-5-4-6-9-15/h2-6,8-9H,7,10-14H2,1H3. The average Bonchev–Trinajstić information content (AvgIpc) is 2.97. The van der Waals surface area contributed by atoms with Crippen LogP contribution in [0.1, 0.15) is 43.0 Å². The second kappa shape index (κ2) is 8.43. The van der Waals surface area contributed by atoms with Gasteiger partial charge in [-0.05, 0) is 31.9 Å². The first-order valence-electron chi connectivity index (χ1n) is 8.14. The second-order valence-corrected chi connectivity index (χ2v) is 5.78. The van der Waals surface area contributed by atoms with Crippen LogP contribution in [-0.2, 0) is 19.1 Å². The zero-order chi connectivity index (χ0) is 17.4. The molecule has 1 aromatic rings. The van der Waals surface area contributed by atoms with Crippen LogP contribution in [0.15, 0.2) is 42.5 Å². The van der Waals surface area contributed by atoms with Crippen LogP contribution in [0.4, 0.5) is 0 Å². The Morgan fingerprint density at radius 2 is 1.96 bits per heavy atom. The van der Waals surface area contributed by atoms with Crippen molar-refractivity contribution in [3.8, 4) is 0 Å². The molecule has 1 fully saturated rings. The van der Waals surface area contributed by atoms with Crippen molar-refractivity contribution in [2.45, 2.75) is 32.6 Å². The smallest absolute Gasteiger partial charge is 0.338 e. The van der Waals surface area contributed by atoms with Gasteiger partial charge in [-0.3, -0.25) is 9.59 Å². The number of Topliss-reactive ketones (excluding diaryl/α,β-unsaturated/α-hetero) is 1. The number of allylic oxidation sites excluding steroid dienone is 1. The maximum absolute atomic E-state index is 12.4. The highest BCUT2D eigenvalue weighted by Gasteiger charge is 2.49. The summed E-state index contributed by atoms with van der Waals surface area (Å²) < 4.78 is 10.4. The minimum atomic E-state index is -1.17. The van der Waals surface area contributed by atoms with E-state index in [1.54, 1.807) is 36.4 Å². The SMILES string of the molecule is CC=CCOC(=O)C1(CCOC(=O)c2ccccc2)CCCC1=O. The molecule has 0 spiro atoms. The summed E-state index contributed by atoms with van der Waals surface area (Å²) >= 11 is 0. The normalized spacial score (nSPS) is 20.3. The summed E-state index contributed by atoms with van der Waals surface area (Å²) in [5.41, 5.74) is -0.724. The number of carbonyl (C=O) groups is 3. The number of carbonyl (C=O) groups excluding carboxylic acids is 3. The molecule has 0 radical (unpaired) electrons. The van der Waals surface area contributed by atoms with Gasteiger partial charge in [-0.15, -0.1) is 0 Å². The molecule has 0 bridgehead atoms. The van der Waals surface area contributed by atoms with Crippen molar-refractivity contribution < 1.29 is 23.9 Å². The number of esters is 2. The minimum absolute atomic E-state index is 0.0121. The van der Waals surface area contributed by atoms with Gasteiger partial charge < -0.3 is 9.47 Å². The van der Waals surface area contributed by atoms with Gasteiger partial charge in [0.05, 0.1) is 12.2 Å². The molecule has 0 amide bonds. The molecule has 0 saturated heterocycles. The van der Waals surface area contributed by atoms with Gasteiger partial charge in [0.2, 0.25) is 0 Å². The van der Waals surface area contributed by atoms with Crippen LogP contribution in [0, 0.1) is 5.41 Å². The monoisotopic (exact) mass is 330 g/mol. The van der Waals surface area contributed by atoms with E-state index in [0.29, 0.717) is 24.8 Å². The zero-order valence-corrected chi connectivity index (χ0v) is 13.8. The van der Waals surface area contributed by atoms with Crippen molar-refractivity contribution >= 4 is 17.7 Å². The molecule has 5 nitrogen and oxygen atoms in total. The van der Waals surface area contributed by atoms with E-state index in [2.05, 4.69) is 0 Å². The number of ether oxygens (including phenoxy) is 2. The van der Waals surface area contributed by atoms with Gasteiger partial charge >= 0.3 is 11.9 Å². The van der Waals surface area contributed by atoms with Crippen LogP contribution in [0.5, 0.6) is 0 Å². The van der Waals surface area contributed by atoms with E-state index in [4.69, 9.17) is 9.47 Å². The molecule has 2 rings (SSSR count). The lowest BCUT2D eigenvalue weighted by Crippen LogP contribution is -2.38. The Bertz CT molecular complexity index is 620. The third kappa shape index (κ3) is 4.10. The Hall–Kier alpha value is -2.43. The first-order chi connectivity index (χ1) is 11.6. The summed E-state index contributed by atoms with van der Waals surface area (Å²) in [7, 11) is 0. The number of ketones is 1. The van der Waals surface area contributed by atoms with Gasteiger partial charge in [0.1, 0.15) is 17.8 Å². The third-order valence-electron chi connectivity index (χ3n) is 4.25. The maximum Gasteiger partial charge on any atom is 0.338 e. The van der Waals surface area contributed by atoms with Gasteiger partial charge in [0.25, 0.3) is 0 Å². The fraction of sp³-hybridized carbons (Fsp3) is 0.421. The Labute approximate surface area is 141 Å². The molecule has 0 aliphatic heterocycles. The summed E-state index contributed by atoms with van der Waals surface area (Å²) in [5, 5.41) is 0. The van der Waals surface area contributed by atoms with E-state index >= 15 is 0 Å². The molecule has 5 heteroatoms. The highest BCUT2D eigenvalue weighted by molar-refractivity contribution is 6.05. The van der Waals surface area contributed by atoms with Crippen LogP contribution in [0.2, 0.25) is 0 Å². The number of hydrogen-bond acceptors (Lipinski definition) is 5. The molecule has 128 valence electrons.